The van der Waals surface area contributed by atoms with E-state index in [4.69, 9.17) is 0 Å². The number of carbonyl (C=O) groups excluding carboxylic acids is 2. The van der Waals surface area contributed by atoms with Gasteiger partial charge < -0.3 is 20.9 Å². The Balaban J connectivity index is 1.65. The van der Waals surface area contributed by atoms with Crippen LogP contribution in [0.5, 0.6) is 0 Å². The molecule has 0 fully saturated rings. The molecular formula is C27H29FN4O2. The molecule has 0 spiro atoms. The number of amides is 2. The minimum Gasteiger partial charge on any atom is -0.380 e. The Morgan fingerprint density at radius 1 is 1.12 bits per heavy atom. The highest BCUT2D eigenvalue weighted by Crippen LogP contribution is 2.31. The molecule has 0 radical (unpaired) electrons. The average molecular weight is 461 g/mol. The number of anilines is 2. The van der Waals surface area contributed by atoms with Crippen LogP contribution in [-0.4, -0.2) is 42.4 Å². The number of hydrogen-bond acceptors (Lipinski definition) is 4. The van der Waals surface area contributed by atoms with Crippen LogP contribution in [0.4, 0.5) is 15.8 Å². The maximum Gasteiger partial charge on any atom is 0.257 e. The molecule has 2 aliphatic heterocycles. The molecule has 2 amide bonds. The number of halogens is 1. The van der Waals surface area contributed by atoms with Gasteiger partial charge in [0.25, 0.3) is 5.91 Å². The highest BCUT2D eigenvalue weighted by molar-refractivity contribution is 6.11. The minimum absolute atomic E-state index is 0.106. The molecule has 0 atom stereocenters. The molecule has 2 aromatic rings. The van der Waals surface area contributed by atoms with Crippen molar-refractivity contribution in [1.82, 2.24) is 10.2 Å². The number of benzene rings is 2. The van der Waals surface area contributed by atoms with Crippen LogP contribution in [0.2, 0.25) is 0 Å². The molecule has 0 bridgehead atoms. The third-order valence-corrected chi connectivity index (χ3v) is 5.85. The molecule has 0 saturated heterocycles. The van der Waals surface area contributed by atoms with Crippen LogP contribution in [0.1, 0.15) is 31.9 Å². The Hall–Kier alpha value is -3.87. The normalized spacial score (nSPS) is 15.0. The van der Waals surface area contributed by atoms with Gasteiger partial charge in [-0.25, -0.2) is 4.39 Å². The lowest BCUT2D eigenvalue weighted by atomic mass is 9.99. The van der Waals surface area contributed by atoms with Crippen molar-refractivity contribution in [3.05, 3.63) is 82.7 Å². The number of likely N-dealkylation sites (N-methyl/N-ethyl adjacent to an activating group) is 1. The Kier molecular flexibility index (Phi) is 6.82. The molecular weight excluding hydrogens is 431 g/mol. The van der Waals surface area contributed by atoms with E-state index < -0.39 is 0 Å². The summed E-state index contributed by atoms with van der Waals surface area (Å²) < 4.78 is 13.6. The fourth-order valence-electron chi connectivity index (χ4n) is 4.16. The summed E-state index contributed by atoms with van der Waals surface area (Å²) in [5.74, 6) is -0.677. The van der Waals surface area contributed by atoms with Crippen molar-refractivity contribution in [3.8, 4) is 0 Å². The third-order valence-electron chi connectivity index (χ3n) is 5.85. The van der Waals surface area contributed by atoms with Gasteiger partial charge in [-0.05, 0) is 81.0 Å². The Labute approximate surface area is 199 Å². The third kappa shape index (κ3) is 4.88. The van der Waals surface area contributed by atoms with E-state index in [9.17, 15) is 14.0 Å². The quantitative estimate of drug-likeness (QED) is 0.598. The van der Waals surface area contributed by atoms with Crippen LogP contribution in [0.25, 0.3) is 11.8 Å². The second-order valence-electron chi connectivity index (χ2n) is 8.56. The molecule has 3 N–H and O–H groups in total. The van der Waals surface area contributed by atoms with E-state index in [2.05, 4.69) is 34.7 Å². The lowest BCUT2D eigenvalue weighted by Gasteiger charge is -2.34. The van der Waals surface area contributed by atoms with Crippen LogP contribution in [0.15, 0.2) is 65.8 Å². The minimum atomic E-state index is -0.319. The van der Waals surface area contributed by atoms with Gasteiger partial charge >= 0.3 is 0 Å². The SMILES string of the molecule is CCNC(=O)C1=Cc2cc(NC(=O)C3=C(c4ccc(F)cc4)N(C(C)C)CC=C3)ccc2NC1. The van der Waals surface area contributed by atoms with E-state index in [0.717, 1.165) is 22.5 Å². The van der Waals surface area contributed by atoms with Gasteiger partial charge in [0.15, 0.2) is 0 Å². The van der Waals surface area contributed by atoms with Gasteiger partial charge in [-0.15, -0.1) is 0 Å². The van der Waals surface area contributed by atoms with Crippen LogP contribution in [0, 0.1) is 5.82 Å². The number of nitrogens with one attached hydrogen (secondary N) is 3. The number of rotatable bonds is 6. The van der Waals surface area contributed by atoms with E-state index >= 15 is 0 Å². The first-order valence-corrected chi connectivity index (χ1v) is 11.5. The van der Waals surface area contributed by atoms with Gasteiger partial charge in [0, 0.05) is 48.2 Å². The summed E-state index contributed by atoms with van der Waals surface area (Å²) in [6.07, 6.45) is 5.62. The number of nitrogens with zero attached hydrogens (tertiary/aromatic N) is 1. The van der Waals surface area contributed by atoms with Crippen LogP contribution in [-0.2, 0) is 9.59 Å². The first-order chi connectivity index (χ1) is 16.4. The van der Waals surface area contributed by atoms with Gasteiger partial charge in [0.2, 0.25) is 5.91 Å². The van der Waals surface area contributed by atoms with Crippen molar-refractivity contribution in [2.24, 2.45) is 0 Å². The molecule has 0 aromatic heterocycles. The standard InChI is InChI=1S/C27H29FN4O2/c1-4-29-26(33)20-14-19-15-22(11-12-24(19)30-16-20)31-27(34)23-6-5-13-32(17(2)3)25(23)18-7-9-21(28)10-8-18/h5-12,14-15,17,30H,4,13,16H2,1-3H3,(H,29,33)(H,31,34). The highest BCUT2D eigenvalue weighted by Gasteiger charge is 2.25. The Bertz CT molecular complexity index is 1200. The molecule has 2 aromatic carbocycles. The average Bonchev–Trinajstić information content (AvgIpc) is 2.83. The van der Waals surface area contributed by atoms with E-state index in [1.165, 1.54) is 12.1 Å². The highest BCUT2D eigenvalue weighted by atomic mass is 19.1. The topological polar surface area (TPSA) is 73.5 Å². The molecule has 34 heavy (non-hydrogen) atoms. The first-order valence-electron chi connectivity index (χ1n) is 11.5. The molecule has 0 unspecified atom stereocenters. The summed E-state index contributed by atoms with van der Waals surface area (Å²) in [5.41, 5.74) is 5.08. The van der Waals surface area contributed by atoms with Crippen LogP contribution in [0.3, 0.4) is 0 Å². The maximum absolute atomic E-state index is 13.6. The lowest BCUT2D eigenvalue weighted by molar-refractivity contribution is -0.117. The van der Waals surface area contributed by atoms with E-state index in [1.807, 2.05) is 43.4 Å². The smallest absolute Gasteiger partial charge is 0.257 e. The zero-order chi connectivity index (χ0) is 24.2. The largest absolute Gasteiger partial charge is 0.380 e. The number of hydrogen-bond donors (Lipinski definition) is 3. The molecule has 4 rings (SSSR count). The summed E-state index contributed by atoms with van der Waals surface area (Å²) in [6, 6.07) is 11.9. The molecule has 2 heterocycles. The molecule has 0 aliphatic carbocycles. The first kappa shape index (κ1) is 23.3. The van der Waals surface area contributed by atoms with E-state index in [1.54, 1.807) is 12.1 Å². The molecule has 0 saturated carbocycles. The summed E-state index contributed by atoms with van der Waals surface area (Å²) in [6.45, 7) is 7.69. The lowest BCUT2D eigenvalue weighted by Crippen LogP contribution is -2.34. The summed E-state index contributed by atoms with van der Waals surface area (Å²) in [5, 5.41) is 9.06. The molecule has 176 valence electrons. The summed E-state index contributed by atoms with van der Waals surface area (Å²) in [4.78, 5) is 27.7. The maximum atomic E-state index is 13.6. The van der Waals surface area contributed by atoms with Crippen LogP contribution < -0.4 is 16.0 Å². The Morgan fingerprint density at radius 2 is 1.88 bits per heavy atom. The number of carbonyl (C=O) groups is 2. The van der Waals surface area contributed by atoms with Gasteiger partial charge in [-0.2, -0.15) is 0 Å². The predicted molar refractivity (Wildman–Crippen MR) is 135 cm³/mol. The van der Waals surface area contributed by atoms with Gasteiger partial charge in [-0.3, -0.25) is 9.59 Å². The second kappa shape index (κ2) is 9.95. The summed E-state index contributed by atoms with van der Waals surface area (Å²) >= 11 is 0. The van der Waals surface area contributed by atoms with Crippen molar-refractivity contribution in [1.29, 1.82) is 0 Å². The van der Waals surface area contributed by atoms with Crippen molar-refractivity contribution in [2.45, 2.75) is 26.8 Å². The fraction of sp³-hybridized carbons (Fsp3) is 0.259. The zero-order valence-electron chi connectivity index (χ0n) is 19.6. The van der Waals surface area contributed by atoms with Gasteiger partial charge in [0.05, 0.1) is 11.3 Å². The molecule has 7 heteroatoms. The molecule has 6 nitrogen and oxygen atoms in total. The predicted octanol–water partition coefficient (Wildman–Crippen LogP) is 4.40. The summed E-state index contributed by atoms with van der Waals surface area (Å²) in [7, 11) is 0. The van der Waals surface area contributed by atoms with E-state index in [-0.39, 0.29) is 23.7 Å². The van der Waals surface area contributed by atoms with Gasteiger partial charge in [-0.1, -0.05) is 6.08 Å². The van der Waals surface area contributed by atoms with Crippen LogP contribution >= 0.6 is 0 Å². The monoisotopic (exact) mass is 460 g/mol. The number of fused-ring (bicyclic) bond motifs is 1. The second-order valence-corrected chi connectivity index (χ2v) is 8.56. The van der Waals surface area contributed by atoms with E-state index in [0.29, 0.717) is 36.5 Å². The van der Waals surface area contributed by atoms with Crippen molar-refractivity contribution < 1.29 is 14.0 Å². The van der Waals surface area contributed by atoms with Crippen molar-refractivity contribution >= 4 is 35.0 Å². The fourth-order valence-corrected chi connectivity index (χ4v) is 4.16. The Morgan fingerprint density at radius 3 is 2.59 bits per heavy atom. The van der Waals surface area contributed by atoms with Gasteiger partial charge in [0.1, 0.15) is 5.82 Å². The van der Waals surface area contributed by atoms with Crippen molar-refractivity contribution in [2.75, 3.05) is 30.3 Å². The molecule has 2 aliphatic rings. The van der Waals surface area contributed by atoms with Crippen molar-refractivity contribution in [3.63, 3.8) is 0 Å². The zero-order valence-corrected chi connectivity index (χ0v) is 19.6.